The van der Waals surface area contributed by atoms with E-state index in [0.717, 1.165) is 17.5 Å². The van der Waals surface area contributed by atoms with Crippen molar-refractivity contribution in [1.29, 1.82) is 0 Å². The van der Waals surface area contributed by atoms with Gasteiger partial charge in [0.15, 0.2) is 0 Å². The van der Waals surface area contributed by atoms with Crippen molar-refractivity contribution in [3.63, 3.8) is 0 Å². The average Bonchev–Trinajstić information content (AvgIpc) is 2.71. The van der Waals surface area contributed by atoms with E-state index in [9.17, 15) is 9.59 Å². The Kier molecular flexibility index (Phi) is 9.19. The highest BCUT2D eigenvalue weighted by Gasteiger charge is 2.30. The molecule has 0 fully saturated rings. The second kappa shape index (κ2) is 11.4. The van der Waals surface area contributed by atoms with E-state index in [2.05, 4.69) is 5.32 Å². The minimum absolute atomic E-state index is 0.0392. The van der Waals surface area contributed by atoms with Gasteiger partial charge >= 0.3 is 0 Å². The maximum absolute atomic E-state index is 13.4. The van der Waals surface area contributed by atoms with Crippen LogP contribution in [0.4, 0.5) is 0 Å². The fourth-order valence-electron chi connectivity index (χ4n) is 3.29. The molecule has 0 unspecified atom stereocenters. The molecule has 1 N–H and O–H groups in total. The van der Waals surface area contributed by atoms with Gasteiger partial charge in [-0.05, 0) is 55.5 Å². The summed E-state index contributed by atoms with van der Waals surface area (Å²) in [5.74, 6) is -0.321. The fraction of sp³-hybridized carbons (Fsp3) is 0.417. The van der Waals surface area contributed by atoms with Crippen LogP contribution < -0.4 is 5.32 Å². The molecule has 2 amide bonds. The van der Waals surface area contributed by atoms with Crippen molar-refractivity contribution >= 4 is 35.0 Å². The summed E-state index contributed by atoms with van der Waals surface area (Å²) in [7, 11) is 0. The maximum Gasteiger partial charge on any atom is 0.243 e. The smallest absolute Gasteiger partial charge is 0.243 e. The number of hydrogen-bond donors (Lipinski definition) is 1. The van der Waals surface area contributed by atoms with Crippen LogP contribution in [0.25, 0.3) is 0 Å². The zero-order chi connectivity index (χ0) is 22.3. The van der Waals surface area contributed by atoms with E-state index in [1.807, 2.05) is 52.0 Å². The number of benzene rings is 2. The van der Waals surface area contributed by atoms with Crippen LogP contribution in [-0.4, -0.2) is 28.8 Å². The lowest BCUT2D eigenvalue weighted by atomic mass is 10.0. The number of carbonyl (C=O) groups excluding carboxylic acids is 2. The van der Waals surface area contributed by atoms with Gasteiger partial charge in [0.1, 0.15) is 6.04 Å². The lowest BCUT2D eigenvalue weighted by Crippen LogP contribution is -2.51. The maximum atomic E-state index is 13.4. The Morgan fingerprint density at radius 1 is 1.00 bits per heavy atom. The number of amides is 2. The van der Waals surface area contributed by atoms with E-state index in [1.165, 1.54) is 0 Å². The molecule has 0 spiro atoms. The summed E-state index contributed by atoms with van der Waals surface area (Å²) in [6.07, 6.45) is 1.37. The summed E-state index contributed by atoms with van der Waals surface area (Å²) in [5.41, 5.74) is 2.66. The van der Waals surface area contributed by atoms with Crippen LogP contribution in [0.15, 0.2) is 42.5 Å². The van der Waals surface area contributed by atoms with E-state index in [-0.39, 0.29) is 24.3 Å². The summed E-state index contributed by atoms with van der Waals surface area (Å²) in [6, 6.07) is 12.5. The van der Waals surface area contributed by atoms with Crippen LogP contribution >= 0.6 is 23.2 Å². The number of aryl methyl sites for hydroxylation is 1. The van der Waals surface area contributed by atoms with Gasteiger partial charge in [-0.3, -0.25) is 9.59 Å². The molecule has 0 aliphatic rings. The Morgan fingerprint density at radius 2 is 1.63 bits per heavy atom. The first-order chi connectivity index (χ1) is 14.3. The van der Waals surface area contributed by atoms with Gasteiger partial charge in [-0.2, -0.15) is 0 Å². The molecule has 2 aromatic carbocycles. The van der Waals surface area contributed by atoms with E-state index in [0.29, 0.717) is 28.6 Å². The molecule has 6 heteroatoms. The lowest BCUT2D eigenvalue weighted by molar-refractivity contribution is -0.141. The van der Waals surface area contributed by atoms with Crippen molar-refractivity contribution < 1.29 is 9.59 Å². The van der Waals surface area contributed by atoms with Gasteiger partial charge in [0.25, 0.3) is 0 Å². The Hall–Kier alpha value is -2.04. The Bertz CT molecular complexity index is 865. The Labute approximate surface area is 189 Å². The van der Waals surface area contributed by atoms with Crippen LogP contribution in [0.1, 0.15) is 50.3 Å². The molecule has 0 saturated carbocycles. The number of nitrogens with one attached hydrogen (secondary N) is 1. The van der Waals surface area contributed by atoms with Gasteiger partial charge in [0.05, 0.1) is 6.42 Å². The summed E-state index contributed by atoms with van der Waals surface area (Å²) in [6.45, 7) is 8.24. The van der Waals surface area contributed by atoms with Crippen LogP contribution in [-0.2, 0) is 22.6 Å². The van der Waals surface area contributed by atoms with Gasteiger partial charge in [-0.15, -0.1) is 0 Å². The average molecular weight is 449 g/mol. The van der Waals surface area contributed by atoms with Crippen LogP contribution in [0.2, 0.25) is 10.0 Å². The highest BCUT2D eigenvalue weighted by atomic mass is 35.5. The number of hydrogen-bond acceptors (Lipinski definition) is 2. The molecule has 0 aromatic heterocycles. The molecule has 30 heavy (non-hydrogen) atoms. The zero-order valence-corrected chi connectivity index (χ0v) is 19.6. The summed E-state index contributed by atoms with van der Waals surface area (Å²) >= 11 is 12.6. The molecular formula is C24H30Cl2N2O2. The third-order valence-electron chi connectivity index (χ3n) is 5.38. The predicted octanol–water partition coefficient (Wildman–Crippen LogP) is 5.57. The minimum atomic E-state index is -0.577. The van der Waals surface area contributed by atoms with Crippen LogP contribution in [0.3, 0.4) is 0 Å². The second-order valence-electron chi connectivity index (χ2n) is 7.57. The first-order valence-electron chi connectivity index (χ1n) is 10.4. The van der Waals surface area contributed by atoms with E-state index >= 15 is 0 Å². The third-order valence-corrected chi connectivity index (χ3v) is 6.09. The highest BCUT2D eigenvalue weighted by Crippen LogP contribution is 2.26. The van der Waals surface area contributed by atoms with Gasteiger partial charge < -0.3 is 10.2 Å². The molecule has 4 nitrogen and oxygen atoms in total. The molecule has 0 bridgehead atoms. The van der Waals surface area contributed by atoms with Gasteiger partial charge in [0, 0.05) is 22.6 Å². The molecule has 0 heterocycles. The molecule has 0 radical (unpaired) electrons. The highest BCUT2D eigenvalue weighted by molar-refractivity contribution is 6.36. The molecule has 0 aliphatic heterocycles. The SMILES string of the molecule is CC[C@@H](C)NC(=O)[C@H](CC)N(Cc1ccccc1C)C(=O)Cc1c(Cl)cccc1Cl. The van der Waals surface area contributed by atoms with Crippen molar-refractivity contribution in [3.8, 4) is 0 Å². The first kappa shape index (κ1) is 24.2. The van der Waals surface area contributed by atoms with Gasteiger partial charge in [-0.1, -0.05) is 67.4 Å². The van der Waals surface area contributed by atoms with Gasteiger partial charge in [-0.25, -0.2) is 0 Å². The zero-order valence-electron chi connectivity index (χ0n) is 18.0. The van der Waals surface area contributed by atoms with E-state index < -0.39 is 6.04 Å². The van der Waals surface area contributed by atoms with Crippen molar-refractivity contribution in [1.82, 2.24) is 10.2 Å². The van der Waals surface area contributed by atoms with Crippen LogP contribution in [0, 0.1) is 6.92 Å². The molecule has 2 atom stereocenters. The molecule has 2 rings (SSSR count). The Morgan fingerprint density at radius 3 is 2.20 bits per heavy atom. The number of halogens is 2. The second-order valence-corrected chi connectivity index (χ2v) is 8.38. The molecule has 2 aromatic rings. The van der Waals surface area contributed by atoms with Crippen LogP contribution in [0.5, 0.6) is 0 Å². The van der Waals surface area contributed by atoms with Crippen molar-refractivity contribution in [2.45, 2.75) is 65.6 Å². The van der Waals surface area contributed by atoms with Gasteiger partial charge in [0.2, 0.25) is 11.8 Å². The summed E-state index contributed by atoms with van der Waals surface area (Å²) < 4.78 is 0. The number of nitrogens with zero attached hydrogens (tertiary/aromatic N) is 1. The molecule has 0 aliphatic carbocycles. The topological polar surface area (TPSA) is 49.4 Å². The van der Waals surface area contributed by atoms with E-state index in [1.54, 1.807) is 23.1 Å². The minimum Gasteiger partial charge on any atom is -0.352 e. The van der Waals surface area contributed by atoms with Crippen molar-refractivity contribution in [2.24, 2.45) is 0 Å². The standard InChI is InChI=1S/C24H30Cl2N2O2/c1-5-17(4)27-24(30)22(6-2)28(15-18-11-8-7-10-16(18)3)23(29)14-19-20(25)12-9-13-21(19)26/h7-13,17,22H,5-6,14-15H2,1-4H3,(H,27,30)/t17-,22+/m1/s1. The number of rotatable bonds is 9. The molecular weight excluding hydrogens is 419 g/mol. The largest absolute Gasteiger partial charge is 0.352 e. The number of carbonyl (C=O) groups is 2. The summed E-state index contributed by atoms with van der Waals surface area (Å²) in [5, 5.41) is 3.91. The van der Waals surface area contributed by atoms with Crippen molar-refractivity contribution in [3.05, 3.63) is 69.2 Å². The molecule has 162 valence electrons. The quantitative estimate of drug-likeness (QED) is 0.545. The molecule has 0 saturated heterocycles. The lowest BCUT2D eigenvalue weighted by Gasteiger charge is -2.32. The third kappa shape index (κ3) is 6.23. The summed E-state index contributed by atoms with van der Waals surface area (Å²) in [4.78, 5) is 28.1. The predicted molar refractivity (Wildman–Crippen MR) is 124 cm³/mol. The van der Waals surface area contributed by atoms with Crippen molar-refractivity contribution in [2.75, 3.05) is 0 Å². The monoisotopic (exact) mass is 448 g/mol. The Balaban J connectivity index is 2.37. The fourth-order valence-corrected chi connectivity index (χ4v) is 3.82. The normalized spacial score (nSPS) is 12.9. The first-order valence-corrected chi connectivity index (χ1v) is 11.1. The van der Waals surface area contributed by atoms with E-state index in [4.69, 9.17) is 23.2 Å².